The number of hydrogen-bond donors (Lipinski definition) is 1. The molecule has 0 spiro atoms. The van der Waals surface area contributed by atoms with E-state index in [1.807, 2.05) is 32.0 Å². The molecule has 2 aromatic carbocycles. The van der Waals surface area contributed by atoms with Crippen molar-refractivity contribution in [3.05, 3.63) is 64.9 Å². The summed E-state index contributed by atoms with van der Waals surface area (Å²) in [5, 5.41) is 3.46. The number of ether oxygens (including phenoxy) is 1. The van der Waals surface area contributed by atoms with Crippen molar-refractivity contribution >= 4 is 28.5 Å². The molecule has 0 saturated heterocycles. The number of nitrogens with one attached hydrogen (secondary N) is 1. The number of benzene rings is 2. The van der Waals surface area contributed by atoms with E-state index in [1.165, 1.54) is 0 Å². The van der Waals surface area contributed by atoms with Gasteiger partial charge >= 0.3 is 5.97 Å². The van der Waals surface area contributed by atoms with Crippen LogP contribution in [0.15, 0.2) is 46.9 Å². The van der Waals surface area contributed by atoms with Crippen molar-refractivity contribution in [2.24, 2.45) is 0 Å². The summed E-state index contributed by atoms with van der Waals surface area (Å²) >= 11 is 0. The first-order chi connectivity index (χ1) is 12.0. The second-order valence-corrected chi connectivity index (χ2v) is 5.78. The van der Waals surface area contributed by atoms with Gasteiger partial charge in [0.05, 0.1) is 6.61 Å². The van der Waals surface area contributed by atoms with Crippen LogP contribution in [0, 0.1) is 13.8 Å². The first-order valence-electron chi connectivity index (χ1n) is 8.08. The molecule has 3 rings (SSSR count). The van der Waals surface area contributed by atoms with Crippen LogP contribution in [-0.4, -0.2) is 18.5 Å². The van der Waals surface area contributed by atoms with E-state index in [9.17, 15) is 9.59 Å². The van der Waals surface area contributed by atoms with Crippen LogP contribution in [0.25, 0.3) is 11.0 Å². The van der Waals surface area contributed by atoms with Crippen LogP contribution in [-0.2, 0) is 4.74 Å². The maximum Gasteiger partial charge on any atom is 0.376 e. The fourth-order valence-corrected chi connectivity index (χ4v) is 2.58. The lowest BCUT2D eigenvalue weighted by Crippen LogP contribution is -2.15. The van der Waals surface area contributed by atoms with E-state index in [0.29, 0.717) is 22.2 Å². The summed E-state index contributed by atoms with van der Waals surface area (Å²) in [6.45, 7) is 5.87. The Bertz CT molecular complexity index is 955. The van der Waals surface area contributed by atoms with Gasteiger partial charge in [0.15, 0.2) is 0 Å². The summed E-state index contributed by atoms with van der Waals surface area (Å²) in [6.07, 6.45) is 0. The van der Waals surface area contributed by atoms with Gasteiger partial charge in [0.1, 0.15) is 11.3 Å². The van der Waals surface area contributed by atoms with Gasteiger partial charge in [-0.05, 0) is 56.2 Å². The molecule has 1 N–H and O–H groups in total. The highest BCUT2D eigenvalue weighted by molar-refractivity contribution is 6.13. The monoisotopic (exact) mass is 337 g/mol. The molecule has 3 aromatic rings. The number of carbonyl (C=O) groups excluding carboxylic acids is 2. The number of furan rings is 1. The third kappa shape index (κ3) is 3.26. The smallest absolute Gasteiger partial charge is 0.376 e. The Balaban J connectivity index is 2.01. The SMILES string of the molecule is CCOC(=O)c1oc2ccccc2c1NC(=O)c1ccc(C)c(C)c1. The van der Waals surface area contributed by atoms with Gasteiger partial charge in [-0.1, -0.05) is 18.2 Å². The Kier molecular flexibility index (Phi) is 4.57. The maximum atomic E-state index is 12.6. The molecule has 0 atom stereocenters. The van der Waals surface area contributed by atoms with E-state index in [2.05, 4.69) is 5.32 Å². The van der Waals surface area contributed by atoms with Gasteiger partial charge in [0, 0.05) is 10.9 Å². The van der Waals surface area contributed by atoms with Crippen LogP contribution >= 0.6 is 0 Å². The van der Waals surface area contributed by atoms with E-state index < -0.39 is 5.97 Å². The first kappa shape index (κ1) is 16.8. The first-order valence-corrected chi connectivity index (χ1v) is 8.08. The lowest BCUT2D eigenvalue weighted by Gasteiger charge is -2.08. The predicted molar refractivity (Wildman–Crippen MR) is 96.0 cm³/mol. The standard InChI is InChI=1S/C20H19NO4/c1-4-24-20(23)18-17(15-7-5-6-8-16(15)25-18)21-19(22)14-10-9-12(2)13(3)11-14/h5-11H,4H2,1-3H3,(H,21,22). The van der Waals surface area contributed by atoms with Crippen LogP contribution in [0.1, 0.15) is 39.0 Å². The Labute approximate surface area is 145 Å². The largest absolute Gasteiger partial charge is 0.460 e. The number of aryl methyl sites for hydroxylation is 2. The van der Waals surface area contributed by atoms with Gasteiger partial charge in [-0.25, -0.2) is 4.79 Å². The van der Waals surface area contributed by atoms with E-state index >= 15 is 0 Å². The minimum atomic E-state index is -0.603. The molecule has 1 amide bonds. The van der Waals surface area contributed by atoms with Gasteiger partial charge in [-0.15, -0.1) is 0 Å². The Morgan fingerprint density at radius 2 is 1.84 bits per heavy atom. The Morgan fingerprint density at radius 1 is 1.08 bits per heavy atom. The Morgan fingerprint density at radius 3 is 2.56 bits per heavy atom. The van der Waals surface area contributed by atoms with Crippen LogP contribution in [0.3, 0.4) is 0 Å². The quantitative estimate of drug-likeness (QED) is 0.713. The third-order valence-electron chi connectivity index (χ3n) is 4.06. The van der Waals surface area contributed by atoms with Crippen molar-refractivity contribution in [3.8, 4) is 0 Å². The number of fused-ring (bicyclic) bond motifs is 1. The zero-order chi connectivity index (χ0) is 18.0. The highest BCUT2D eigenvalue weighted by Gasteiger charge is 2.23. The maximum absolute atomic E-state index is 12.6. The molecule has 0 radical (unpaired) electrons. The number of anilines is 1. The molecule has 1 aromatic heterocycles. The van der Waals surface area contributed by atoms with Gasteiger partial charge in [0.25, 0.3) is 5.91 Å². The van der Waals surface area contributed by atoms with Gasteiger partial charge in [-0.2, -0.15) is 0 Å². The molecule has 5 heteroatoms. The third-order valence-corrected chi connectivity index (χ3v) is 4.06. The van der Waals surface area contributed by atoms with E-state index in [1.54, 1.807) is 31.2 Å². The van der Waals surface area contributed by atoms with Crippen LogP contribution in [0.4, 0.5) is 5.69 Å². The number of para-hydroxylation sites is 1. The van der Waals surface area contributed by atoms with Gasteiger partial charge in [-0.3, -0.25) is 4.79 Å². The van der Waals surface area contributed by atoms with E-state index in [0.717, 1.165) is 11.1 Å². The summed E-state index contributed by atoms with van der Waals surface area (Å²) in [4.78, 5) is 24.8. The lowest BCUT2D eigenvalue weighted by atomic mass is 10.1. The lowest BCUT2D eigenvalue weighted by molar-refractivity contribution is 0.0494. The number of amides is 1. The van der Waals surface area contributed by atoms with Crippen LogP contribution in [0.2, 0.25) is 0 Å². The summed E-state index contributed by atoms with van der Waals surface area (Å²) in [5.41, 5.74) is 3.49. The molecule has 0 fully saturated rings. The molecular formula is C20H19NO4. The highest BCUT2D eigenvalue weighted by Crippen LogP contribution is 2.32. The summed E-state index contributed by atoms with van der Waals surface area (Å²) < 4.78 is 10.6. The fraction of sp³-hybridized carbons (Fsp3) is 0.200. The predicted octanol–water partition coefficient (Wildman–Crippen LogP) is 4.48. The van der Waals surface area contributed by atoms with Crippen molar-refractivity contribution in [1.29, 1.82) is 0 Å². The molecule has 0 aliphatic carbocycles. The molecule has 5 nitrogen and oxygen atoms in total. The normalized spacial score (nSPS) is 10.7. The minimum absolute atomic E-state index is 0.000216. The van der Waals surface area contributed by atoms with Crippen molar-refractivity contribution in [2.75, 3.05) is 11.9 Å². The molecular weight excluding hydrogens is 318 g/mol. The molecule has 1 heterocycles. The minimum Gasteiger partial charge on any atom is -0.460 e. The average molecular weight is 337 g/mol. The van der Waals surface area contributed by atoms with Crippen molar-refractivity contribution in [2.45, 2.75) is 20.8 Å². The second-order valence-electron chi connectivity index (χ2n) is 5.78. The highest BCUT2D eigenvalue weighted by atomic mass is 16.5. The Hall–Kier alpha value is -3.08. The zero-order valence-corrected chi connectivity index (χ0v) is 14.4. The number of carbonyl (C=O) groups is 2. The van der Waals surface area contributed by atoms with Crippen LogP contribution in [0.5, 0.6) is 0 Å². The van der Waals surface area contributed by atoms with Crippen molar-refractivity contribution < 1.29 is 18.7 Å². The molecule has 0 saturated carbocycles. The van der Waals surface area contributed by atoms with Crippen molar-refractivity contribution in [3.63, 3.8) is 0 Å². The molecule has 0 bridgehead atoms. The summed E-state index contributed by atoms with van der Waals surface area (Å²) in [6, 6.07) is 12.6. The zero-order valence-electron chi connectivity index (χ0n) is 14.4. The van der Waals surface area contributed by atoms with Gasteiger partial charge < -0.3 is 14.5 Å². The summed E-state index contributed by atoms with van der Waals surface area (Å²) in [5.74, 6) is -0.908. The fourth-order valence-electron chi connectivity index (χ4n) is 2.58. The van der Waals surface area contributed by atoms with Gasteiger partial charge in [0.2, 0.25) is 5.76 Å². The number of rotatable bonds is 4. The average Bonchev–Trinajstić information content (AvgIpc) is 2.96. The summed E-state index contributed by atoms with van der Waals surface area (Å²) in [7, 11) is 0. The molecule has 0 unspecified atom stereocenters. The molecule has 25 heavy (non-hydrogen) atoms. The molecule has 0 aliphatic rings. The number of hydrogen-bond acceptors (Lipinski definition) is 4. The molecule has 0 aliphatic heterocycles. The van der Waals surface area contributed by atoms with Crippen LogP contribution < -0.4 is 5.32 Å². The molecule has 128 valence electrons. The second kappa shape index (κ2) is 6.81. The van der Waals surface area contributed by atoms with E-state index in [4.69, 9.17) is 9.15 Å². The van der Waals surface area contributed by atoms with Crippen molar-refractivity contribution in [1.82, 2.24) is 0 Å². The number of esters is 1. The van der Waals surface area contributed by atoms with E-state index in [-0.39, 0.29) is 18.3 Å². The topological polar surface area (TPSA) is 68.5 Å².